The molecule has 5 nitrogen and oxygen atoms in total. The molecule has 1 heterocycles. The smallest absolute Gasteiger partial charge is 0.231 e. The van der Waals surface area contributed by atoms with Gasteiger partial charge in [-0.1, -0.05) is 19.3 Å². The van der Waals surface area contributed by atoms with Gasteiger partial charge < -0.3 is 11.1 Å². The first-order valence-corrected chi connectivity index (χ1v) is 6.03. The van der Waals surface area contributed by atoms with Gasteiger partial charge in [0, 0.05) is 6.54 Å². The third-order valence-corrected chi connectivity index (χ3v) is 3.50. The van der Waals surface area contributed by atoms with Crippen molar-refractivity contribution >= 4 is 11.6 Å². The van der Waals surface area contributed by atoms with Crippen LogP contribution in [0.3, 0.4) is 0 Å². The Morgan fingerprint density at radius 1 is 1.29 bits per heavy atom. The largest absolute Gasteiger partial charge is 0.329 e. The Kier molecular flexibility index (Phi) is 3.68. The Balaban J connectivity index is 2.07. The molecule has 0 aromatic carbocycles. The maximum Gasteiger partial charge on any atom is 0.231 e. The van der Waals surface area contributed by atoms with Gasteiger partial charge in [0.25, 0.3) is 0 Å². The van der Waals surface area contributed by atoms with E-state index in [0.29, 0.717) is 12.2 Å². The minimum absolute atomic E-state index is 0.00880. The Morgan fingerprint density at radius 2 is 1.94 bits per heavy atom. The molecule has 1 aliphatic rings. The summed E-state index contributed by atoms with van der Waals surface area (Å²) in [4.78, 5) is 20.0. The van der Waals surface area contributed by atoms with Crippen LogP contribution in [0.2, 0.25) is 0 Å². The molecule has 1 amide bonds. The highest BCUT2D eigenvalue weighted by atomic mass is 16.2. The second kappa shape index (κ2) is 5.23. The number of aromatic nitrogens is 2. The van der Waals surface area contributed by atoms with Crippen molar-refractivity contribution in [1.29, 1.82) is 0 Å². The second-order valence-corrected chi connectivity index (χ2v) is 4.63. The number of rotatable bonds is 3. The highest BCUT2D eigenvalue weighted by Gasteiger charge is 2.38. The molecule has 1 aliphatic carbocycles. The Labute approximate surface area is 101 Å². The number of anilines is 1. The van der Waals surface area contributed by atoms with Gasteiger partial charge in [-0.2, -0.15) is 0 Å². The standard InChI is InChI=1S/C12H18N4O/c13-8-12(4-2-1-3-5-12)11(17)16-10-6-14-9-15-7-10/h6-7,9H,1-5,8,13H2,(H,16,17). The number of nitrogens with one attached hydrogen (secondary N) is 1. The van der Waals surface area contributed by atoms with Crippen LogP contribution in [0.1, 0.15) is 32.1 Å². The highest BCUT2D eigenvalue weighted by molar-refractivity contribution is 5.95. The van der Waals surface area contributed by atoms with Crippen molar-refractivity contribution in [3.05, 3.63) is 18.7 Å². The van der Waals surface area contributed by atoms with Crippen LogP contribution in [0.15, 0.2) is 18.7 Å². The fraction of sp³-hybridized carbons (Fsp3) is 0.583. The number of nitrogens with two attached hydrogens (primary N) is 1. The van der Waals surface area contributed by atoms with Gasteiger partial charge in [-0.15, -0.1) is 0 Å². The molecule has 2 rings (SSSR count). The summed E-state index contributed by atoms with van der Waals surface area (Å²) in [5, 5.41) is 2.86. The van der Waals surface area contributed by atoms with Crippen molar-refractivity contribution in [2.75, 3.05) is 11.9 Å². The van der Waals surface area contributed by atoms with Gasteiger partial charge in [-0.3, -0.25) is 4.79 Å². The van der Waals surface area contributed by atoms with Crippen LogP contribution >= 0.6 is 0 Å². The number of hydrogen-bond donors (Lipinski definition) is 2. The molecule has 0 atom stereocenters. The minimum atomic E-state index is -0.395. The number of nitrogens with zero attached hydrogens (tertiary/aromatic N) is 2. The number of amides is 1. The Bertz CT molecular complexity index is 373. The first kappa shape index (κ1) is 12.0. The molecule has 0 spiro atoms. The van der Waals surface area contributed by atoms with Gasteiger partial charge in [0.05, 0.1) is 23.5 Å². The van der Waals surface area contributed by atoms with Gasteiger partial charge in [0.15, 0.2) is 0 Å². The molecule has 17 heavy (non-hydrogen) atoms. The third-order valence-electron chi connectivity index (χ3n) is 3.50. The van der Waals surface area contributed by atoms with Gasteiger partial charge in [0.1, 0.15) is 6.33 Å². The monoisotopic (exact) mass is 234 g/mol. The zero-order chi connectivity index (χ0) is 12.1. The molecular weight excluding hydrogens is 216 g/mol. The van der Waals surface area contributed by atoms with E-state index in [1.165, 1.54) is 12.7 Å². The lowest BCUT2D eigenvalue weighted by Gasteiger charge is -2.34. The molecule has 0 radical (unpaired) electrons. The molecule has 1 saturated carbocycles. The van der Waals surface area contributed by atoms with Crippen LogP contribution < -0.4 is 11.1 Å². The molecule has 5 heteroatoms. The molecule has 1 aromatic rings. The molecule has 0 bridgehead atoms. The van der Waals surface area contributed by atoms with Gasteiger partial charge in [-0.05, 0) is 12.8 Å². The molecule has 92 valence electrons. The van der Waals surface area contributed by atoms with E-state index >= 15 is 0 Å². The molecule has 3 N–H and O–H groups in total. The summed E-state index contributed by atoms with van der Waals surface area (Å²) in [5.74, 6) is 0.00880. The van der Waals surface area contributed by atoms with Crippen LogP contribution in [0.4, 0.5) is 5.69 Å². The topological polar surface area (TPSA) is 80.9 Å². The van der Waals surface area contributed by atoms with Crippen LogP contribution in [0.25, 0.3) is 0 Å². The summed E-state index contributed by atoms with van der Waals surface area (Å²) in [6.07, 6.45) is 9.74. The van der Waals surface area contributed by atoms with E-state index in [4.69, 9.17) is 5.73 Å². The molecular formula is C12H18N4O. The first-order chi connectivity index (χ1) is 8.27. The molecule has 1 fully saturated rings. The van der Waals surface area contributed by atoms with Gasteiger partial charge >= 0.3 is 0 Å². The normalized spacial score (nSPS) is 18.6. The van der Waals surface area contributed by atoms with Crippen molar-refractivity contribution in [1.82, 2.24) is 9.97 Å². The van der Waals surface area contributed by atoms with Crippen LogP contribution in [-0.4, -0.2) is 22.4 Å². The van der Waals surface area contributed by atoms with Crippen LogP contribution in [0, 0.1) is 5.41 Å². The maximum absolute atomic E-state index is 12.3. The van der Waals surface area contributed by atoms with Crippen molar-refractivity contribution in [2.45, 2.75) is 32.1 Å². The van der Waals surface area contributed by atoms with E-state index in [-0.39, 0.29) is 5.91 Å². The van der Waals surface area contributed by atoms with E-state index in [2.05, 4.69) is 15.3 Å². The van der Waals surface area contributed by atoms with Crippen LogP contribution in [0.5, 0.6) is 0 Å². The van der Waals surface area contributed by atoms with Crippen molar-refractivity contribution in [2.24, 2.45) is 11.1 Å². The summed E-state index contributed by atoms with van der Waals surface area (Å²) in [6, 6.07) is 0. The summed E-state index contributed by atoms with van der Waals surface area (Å²) in [6.45, 7) is 0.409. The summed E-state index contributed by atoms with van der Waals surface area (Å²) in [7, 11) is 0. The SMILES string of the molecule is NCC1(C(=O)Nc2cncnc2)CCCCC1. The maximum atomic E-state index is 12.3. The van der Waals surface area contributed by atoms with Gasteiger partial charge in [-0.25, -0.2) is 9.97 Å². The quantitative estimate of drug-likeness (QED) is 0.826. The lowest BCUT2D eigenvalue weighted by atomic mass is 9.73. The lowest BCUT2D eigenvalue weighted by molar-refractivity contribution is -0.126. The van der Waals surface area contributed by atoms with Crippen molar-refractivity contribution < 1.29 is 4.79 Å². The minimum Gasteiger partial charge on any atom is -0.329 e. The fourth-order valence-electron chi connectivity index (χ4n) is 2.38. The second-order valence-electron chi connectivity index (χ2n) is 4.63. The van der Waals surface area contributed by atoms with E-state index in [1.807, 2.05) is 0 Å². The Hall–Kier alpha value is -1.49. The average Bonchev–Trinajstić information content (AvgIpc) is 2.40. The first-order valence-electron chi connectivity index (χ1n) is 6.03. The summed E-state index contributed by atoms with van der Waals surface area (Å²) >= 11 is 0. The number of carbonyl (C=O) groups excluding carboxylic acids is 1. The predicted octanol–water partition coefficient (Wildman–Crippen LogP) is 1.32. The average molecular weight is 234 g/mol. The van der Waals surface area contributed by atoms with Gasteiger partial charge in [0.2, 0.25) is 5.91 Å². The van der Waals surface area contributed by atoms with Crippen molar-refractivity contribution in [3.8, 4) is 0 Å². The Morgan fingerprint density at radius 3 is 2.53 bits per heavy atom. The van der Waals surface area contributed by atoms with Crippen LogP contribution in [-0.2, 0) is 4.79 Å². The fourth-order valence-corrected chi connectivity index (χ4v) is 2.38. The molecule has 0 aliphatic heterocycles. The zero-order valence-corrected chi connectivity index (χ0v) is 9.85. The third kappa shape index (κ3) is 2.61. The van der Waals surface area contributed by atoms with E-state index in [1.54, 1.807) is 12.4 Å². The van der Waals surface area contributed by atoms with E-state index < -0.39 is 5.41 Å². The predicted molar refractivity (Wildman–Crippen MR) is 65.2 cm³/mol. The zero-order valence-electron chi connectivity index (χ0n) is 9.85. The van der Waals surface area contributed by atoms with E-state index in [0.717, 1.165) is 25.7 Å². The number of carbonyl (C=O) groups is 1. The number of hydrogen-bond acceptors (Lipinski definition) is 4. The van der Waals surface area contributed by atoms with Crippen molar-refractivity contribution in [3.63, 3.8) is 0 Å². The lowest BCUT2D eigenvalue weighted by Crippen LogP contribution is -2.43. The summed E-state index contributed by atoms with van der Waals surface area (Å²) < 4.78 is 0. The molecule has 0 unspecified atom stereocenters. The molecule has 1 aromatic heterocycles. The van der Waals surface area contributed by atoms with E-state index in [9.17, 15) is 4.79 Å². The summed E-state index contributed by atoms with van der Waals surface area (Å²) in [5.41, 5.74) is 6.04. The molecule has 0 saturated heterocycles. The highest BCUT2D eigenvalue weighted by Crippen LogP contribution is 2.36.